The van der Waals surface area contributed by atoms with Crippen molar-refractivity contribution in [2.45, 2.75) is 51.2 Å². The number of likely N-dealkylation sites (tertiary alicyclic amines) is 1. The van der Waals surface area contributed by atoms with Gasteiger partial charge in [-0.2, -0.15) is 5.10 Å². The first-order chi connectivity index (χ1) is 8.83. The van der Waals surface area contributed by atoms with E-state index in [0.29, 0.717) is 12.0 Å². The molecule has 2 heterocycles. The third-order valence-corrected chi connectivity index (χ3v) is 4.43. The summed E-state index contributed by atoms with van der Waals surface area (Å²) in [6.45, 7) is 5.12. The van der Waals surface area contributed by atoms with Crippen molar-refractivity contribution in [1.29, 1.82) is 0 Å². The van der Waals surface area contributed by atoms with Crippen LogP contribution < -0.4 is 5.73 Å². The minimum atomic E-state index is 0.511. The zero-order valence-electron chi connectivity index (χ0n) is 11.3. The average molecular weight is 248 g/mol. The Kier molecular flexibility index (Phi) is 3.39. The Morgan fingerprint density at radius 1 is 1.39 bits per heavy atom. The molecule has 4 heteroatoms. The molecule has 18 heavy (non-hydrogen) atoms. The number of aryl methyl sites for hydroxylation is 1. The maximum Gasteiger partial charge on any atom is 0.0537 e. The molecule has 0 bridgehead atoms. The molecule has 0 spiro atoms. The van der Waals surface area contributed by atoms with Crippen LogP contribution in [0.2, 0.25) is 0 Å². The highest BCUT2D eigenvalue weighted by Crippen LogP contribution is 2.42. The summed E-state index contributed by atoms with van der Waals surface area (Å²) in [6, 6.07) is 1.32. The molecule has 1 aromatic heterocycles. The van der Waals surface area contributed by atoms with E-state index in [1.807, 2.05) is 4.68 Å². The second-order valence-corrected chi connectivity index (χ2v) is 5.68. The Bertz CT molecular complexity index is 396. The fourth-order valence-electron chi connectivity index (χ4n) is 3.34. The Labute approximate surface area is 109 Å². The van der Waals surface area contributed by atoms with Crippen LogP contribution in [0.3, 0.4) is 0 Å². The molecule has 1 saturated heterocycles. The molecule has 2 fully saturated rings. The van der Waals surface area contributed by atoms with Crippen molar-refractivity contribution in [3.8, 4) is 0 Å². The maximum atomic E-state index is 6.00. The van der Waals surface area contributed by atoms with Crippen molar-refractivity contribution in [1.82, 2.24) is 14.7 Å². The highest BCUT2D eigenvalue weighted by atomic mass is 15.3. The topological polar surface area (TPSA) is 47.1 Å². The second-order valence-electron chi connectivity index (χ2n) is 5.68. The van der Waals surface area contributed by atoms with E-state index in [0.717, 1.165) is 19.1 Å². The van der Waals surface area contributed by atoms with Crippen molar-refractivity contribution >= 4 is 0 Å². The fourth-order valence-corrected chi connectivity index (χ4v) is 3.34. The van der Waals surface area contributed by atoms with Crippen molar-refractivity contribution in [2.24, 2.45) is 11.7 Å². The van der Waals surface area contributed by atoms with Crippen LogP contribution in [-0.4, -0.2) is 33.8 Å². The molecule has 2 unspecified atom stereocenters. The molecule has 4 nitrogen and oxygen atoms in total. The quantitative estimate of drug-likeness (QED) is 0.883. The number of rotatable bonds is 4. The molecule has 0 amide bonds. The van der Waals surface area contributed by atoms with E-state index in [4.69, 9.17) is 5.73 Å². The van der Waals surface area contributed by atoms with Crippen LogP contribution in [0.25, 0.3) is 0 Å². The molecular formula is C14H24N4. The first kappa shape index (κ1) is 12.2. The van der Waals surface area contributed by atoms with Crippen molar-refractivity contribution < 1.29 is 0 Å². The van der Waals surface area contributed by atoms with Gasteiger partial charge in [-0.05, 0) is 51.6 Å². The predicted octanol–water partition coefficient (Wildman–Crippen LogP) is 1.78. The summed E-state index contributed by atoms with van der Waals surface area (Å²) in [5, 5.41) is 4.44. The van der Waals surface area contributed by atoms with Crippen LogP contribution >= 0.6 is 0 Å². The van der Waals surface area contributed by atoms with Crippen molar-refractivity contribution in [3.63, 3.8) is 0 Å². The number of nitrogens with zero attached hydrogens (tertiary/aromatic N) is 3. The van der Waals surface area contributed by atoms with Gasteiger partial charge in [0.05, 0.1) is 6.20 Å². The lowest BCUT2D eigenvalue weighted by Crippen LogP contribution is -2.42. The van der Waals surface area contributed by atoms with Gasteiger partial charge < -0.3 is 5.73 Å². The van der Waals surface area contributed by atoms with E-state index in [1.165, 1.54) is 37.8 Å². The summed E-state index contributed by atoms with van der Waals surface area (Å²) in [6.07, 6.45) is 9.58. The van der Waals surface area contributed by atoms with E-state index in [9.17, 15) is 0 Å². The van der Waals surface area contributed by atoms with Crippen LogP contribution in [0, 0.1) is 5.92 Å². The van der Waals surface area contributed by atoms with E-state index in [-0.39, 0.29) is 0 Å². The zero-order chi connectivity index (χ0) is 12.5. The minimum Gasteiger partial charge on any atom is -0.330 e. The average Bonchev–Trinajstić information content (AvgIpc) is 3.15. The summed E-state index contributed by atoms with van der Waals surface area (Å²) < 4.78 is 2.03. The highest BCUT2D eigenvalue weighted by molar-refractivity contribution is 5.15. The normalized spacial score (nSPS) is 29.7. The molecule has 3 rings (SSSR count). The molecule has 1 saturated carbocycles. The van der Waals surface area contributed by atoms with Gasteiger partial charge in [0.25, 0.3) is 0 Å². The van der Waals surface area contributed by atoms with Crippen LogP contribution in [0.4, 0.5) is 0 Å². The van der Waals surface area contributed by atoms with Crippen LogP contribution in [-0.2, 0) is 6.54 Å². The number of hydrogen-bond donors (Lipinski definition) is 1. The third kappa shape index (κ3) is 2.19. The van der Waals surface area contributed by atoms with E-state index < -0.39 is 0 Å². The Morgan fingerprint density at radius 3 is 2.83 bits per heavy atom. The fraction of sp³-hybridized carbons (Fsp3) is 0.786. The summed E-state index contributed by atoms with van der Waals surface area (Å²) in [5.41, 5.74) is 7.37. The van der Waals surface area contributed by atoms with E-state index >= 15 is 0 Å². The lowest BCUT2D eigenvalue weighted by atomic mass is 9.85. The number of nitrogens with two attached hydrogens (primary N) is 1. The van der Waals surface area contributed by atoms with Gasteiger partial charge in [0, 0.05) is 30.4 Å². The SMILES string of the molecule is CCn1cc(C2C(CN)CCCN2C2CC2)cn1. The summed E-state index contributed by atoms with van der Waals surface area (Å²) in [5.74, 6) is 0.605. The monoisotopic (exact) mass is 248 g/mol. The Morgan fingerprint density at radius 2 is 2.22 bits per heavy atom. The summed E-state index contributed by atoms with van der Waals surface area (Å²) in [4.78, 5) is 2.69. The molecule has 0 radical (unpaired) electrons. The predicted molar refractivity (Wildman–Crippen MR) is 72.1 cm³/mol. The maximum absolute atomic E-state index is 6.00. The van der Waals surface area contributed by atoms with Gasteiger partial charge in [-0.1, -0.05) is 0 Å². The molecule has 1 aliphatic heterocycles. The zero-order valence-corrected chi connectivity index (χ0v) is 11.3. The summed E-state index contributed by atoms with van der Waals surface area (Å²) >= 11 is 0. The molecule has 100 valence electrons. The lowest BCUT2D eigenvalue weighted by Gasteiger charge is -2.41. The molecule has 1 aromatic rings. The second kappa shape index (κ2) is 5.02. The molecule has 2 N–H and O–H groups in total. The molecular weight excluding hydrogens is 224 g/mol. The van der Waals surface area contributed by atoms with E-state index in [1.54, 1.807) is 0 Å². The minimum absolute atomic E-state index is 0.511. The Balaban J connectivity index is 1.86. The molecule has 1 aliphatic carbocycles. The summed E-state index contributed by atoms with van der Waals surface area (Å²) in [7, 11) is 0. The van der Waals surface area contributed by atoms with Gasteiger partial charge in [-0.3, -0.25) is 9.58 Å². The number of aromatic nitrogens is 2. The van der Waals surface area contributed by atoms with Gasteiger partial charge in [0.15, 0.2) is 0 Å². The van der Waals surface area contributed by atoms with Crippen LogP contribution in [0.1, 0.15) is 44.2 Å². The molecule has 2 aliphatic rings. The van der Waals surface area contributed by atoms with Crippen molar-refractivity contribution in [2.75, 3.05) is 13.1 Å². The largest absolute Gasteiger partial charge is 0.330 e. The van der Waals surface area contributed by atoms with E-state index in [2.05, 4.69) is 29.3 Å². The van der Waals surface area contributed by atoms with Gasteiger partial charge in [0.2, 0.25) is 0 Å². The Hall–Kier alpha value is -0.870. The molecule has 2 atom stereocenters. The number of piperidine rings is 1. The lowest BCUT2D eigenvalue weighted by molar-refractivity contribution is 0.0879. The van der Waals surface area contributed by atoms with Gasteiger partial charge in [0.1, 0.15) is 0 Å². The first-order valence-electron chi connectivity index (χ1n) is 7.31. The smallest absolute Gasteiger partial charge is 0.0537 e. The standard InChI is InChI=1S/C14H24N4/c1-2-17-10-12(9-16-17)14-11(8-15)4-3-7-18(14)13-5-6-13/h9-11,13-14H,2-8,15H2,1H3. The highest BCUT2D eigenvalue weighted by Gasteiger charge is 2.40. The van der Waals surface area contributed by atoms with Crippen LogP contribution in [0.5, 0.6) is 0 Å². The number of hydrogen-bond acceptors (Lipinski definition) is 3. The van der Waals surface area contributed by atoms with Crippen molar-refractivity contribution in [3.05, 3.63) is 18.0 Å². The van der Waals surface area contributed by atoms with Gasteiger partial charge >= 0.3 is 0 Å². The van der Waals surface area contributed by atoms with Crippen LogP contribution in [0.15, 0.2) is 12.4 Å². The third-order valence-electron chi connectivity index (χ3n) is 4.43. The molecule has 0 aromatic carbocycles. The van der Waals surface area contributed by atoms with Gasteiger partial charge in [-0.15, -0.1) is 0 Å². The first-order valence-corrected chi connectivity index (χ1v) is 7.31. The van der Waals surface area contributed by atoms with Gasteiger partial charge in [-0.25, -0.2) is 0 Å².